The van der Waals surface area contributed by atoms with Gasteiger partial charge in [0, 0.05) is 24.2 Å². The lowest BCUT2D eigenvalue weighted by Crippen LogP contribution is -2.41. The van der Waals surface area contributed by atoms with Crippen LogP contribution in [-0.2, 0) is 4.79 Å². The first kappa shape index (κ1) is 15.1. The van der Waals surface area contributed by atoms with Crippen LogP contribution in [0, 0.1) is 18.3 Å². The Morgan fingerprint density at radius 3 is 2.60 bits per heavy atom. The highest BCUT2D eigenvalue weighted by atomic mass is 16.1. The zero-order chi connectivity index (χ0) is 14.6. The van der Waals surface area contributed by atoms with Crippen LogP contribution in [0.15, 0.2) is 24.3 Å². The lowest BCUT2D eigenvalue weighted by atomic mass is 9.71. The first-order valence-corrected chi connectivity index (χ1v) is 7.86. The molecule has 1 aliphatic carbocycles. The molecule has 1 aromatic carbocycles. The molecule has 0 bridgehead atoms. The molecular formula is C18H27NO. The third-order valence-corrected chi connectivity index (χ3v) is 4.77. The van der Waals surface area contributed by atoms with E-state index in [1.165, 1.54) is 30.4 Å². The van der Waals surface area contributed by atoms with Crippen molar-refractivity contribution in [3.63, 3.8) is 0 Å². The third-order valence-electron chi connectivity index (χ3n) is 4.77. The summed E-state index contributed by atoms with van der Waals surface area (Å²) >= 11 is 0. The highest BCUT2D eigenvalue weighted by Gasteiger charge is 2.35. The van der Waals surface area contributed by atoms with E-state index in [1.54, 1.807) is 0 Å². The van der Waals surface area contributed by atoms with Crippen LogP contribution in [0.2, 0.25) is 0 Å². The van der Waals surface area contributed by atoms with Gasteiger partial charge in [-0.25, -0.2) is 0 Å². The lowest BCUT2D eigenvalue weighted by molar-refractivity contribution is -0.117. The van der Waals surface area contributed by atoms with Gasteiger partial charge in [-0.1, -0.05) is 19.1 Å². The van der Waals surface area contributed by atoms with Crippen molar-refractivity contribution in [2.24, 2.45) is 11.3 Å². The molecule has 1 aliphatic rings. The Morgan fingerprint density at radius 2 is 2.05 bits per heavy atom. The molecule has 110 valence electrons. The van der Waals surface area contributed by atoms with E-state index in [0.717, 1.165) is 31.8 Å². The van der Waals surface area contributed by atoms with Crippen LogP contribution >= 0.6 is 0 Å². The molecule has 20 heavy (non-hydrogen) atoms. The van der Waals surface area contributed by atoms with Crippen LogP contribution < -0.4 is 4.90 Å². The lowest BCUT2D eigenvalue weighted by Gasteiger charge is -2.39. The predicted molar refractivity (Wildman–Crippen MR) is 85.2 cm³/mol. The average Bonchev–Trinajstić information content (AvgIpc) is 2.47. The van der Waals surface area contributed by atoms with Crippen LogP contribution in [0.4, 0.5) is 5.69 Å². The number of anilines is 1. The van der Waals surface area contributed by atoms with Gasteiger partial charge in [0.1, 0.15) is 6.29 Å². The second-order valence-corrected chi connectivity index (χ2v) is 6.52. The van der Waals surface area contributed by atoms with Crippen molar-refractivity contribution in [1.82, 2.24) is 0 Å². The molecule has 1 fully saturated rings. The minimum absolute atomic E-state index is 0.133. The minimum Gasteiger partial charge on any atom is -0.371 e. The molecule has 2 nitrogen and oxygen atoms in total. The number of aryl methyl sites for hydroxylation is 1. The zero-order valence-electron chi connectivity index (χ0n) is 13.1. The molecule has 0 heterocycles. The number of rotatable bonds is 5. The second-order valence-electron chi connectivity index (χ2n) is 6.52. The third kappa shape index (κ3) is 3.41. The van der Waals surface area contributed by atoms with Gasteiger partial charge in [-0.05, 0) is 63.1 Å². The summed E-state index contributed by atoms with van der Waals surface area (Å²) in [6.45, 7) is 8.41. The van der Waals surface area contributed by atoms with E-state index in [-0.39, 0.29) is 5.41 Å². The molecule has 0 radical (unpaired) electrons. The van der Waals surface area contributed by atoms with Crippen LogP contribution in [0.5, 0.6) is 0 Å². The van der Waals surface area contributed by atoms with Crippen molar-refractivity contribution < 1.29 is 4.79 Å². The molecule has 0 spiro atoms. The Hall–Kier alpha value is -1.31. The SMILES string of the molecule is CCN(CC1(C=O)CCC(C)CC1)c1cccc(C)c1. The molecular weight excluding hydrogens is 246 g/mol. The molecule has 2 rings (SSSR count). The molecule has 0 amide bonds. The summed E-state index contributed by atoms with van der Waals surface area (Å²) < 4.78 is 0. The van der Waals surface area contributed by atoms with Gasteiger partial charge < -0.3 is 9.69 Å². The van der Waals surface area contributed by atoms with Crippen LogP contribution in [0.1, 0.15) is 45.1 Å². The van der Waals surface area contributed by atoms with Gasteiger partial charge in [-0.15, -0.1) is 0 Å². The second kappa shape index (κ2) is 6.43. The molecule has 0 aliphatic heterocycles. The van der Waals surface area contributed by atoms with Crippen LogP contribution in [-0.4, -0.2) is 19.4 Å². The van der Waals surface area contributed by atoms with Crippen molar-refractivity contribution in [2.75, 3.05) is 18.0 Å². The number of nitrogens with zero attached hydrogens (tertiary/aromatic N) is 1. The quantitative estimate of drug-likeness (QED) is 0.749. The Morgan fingerprint density at radius 1 is 1.35 bits per heavy atom. The van der Waals surface area contributed by atoms with Crippen LogP contribution in [0.3, 0.4) is 0 Å². The molecule has 1 aromatic rings. The highest BCUT2D eigenvalue weighted by molar-refractivity contribution is 5.62. The standard InChI is InChI=1S/C18H27NO/c1-4-19(17-7-5-6-16(3)12-17)13-18(14-20)10-8-15(2)9-11-18/h5-7,12,14-15H,4,8-11,13H2,1-3H3. The van der Waals surface area contributed by atoms with Gasteiger partial charge in [-0.2, -0.15) is 0 Å². The van der Waals surface area contributed by atoms with Crippen molar-refractivity contribution in [1.29, 1.82) is 0 Å². The first-order valence-electron chi connectivity index (χ1n) is 7.86. The monoisotopic (exact) mass is 273 g/mol. The summed E-state index contributed by atoms with van der Waals surface area (Å²) in [5.74, 6) is 0.775. The van der Waals surface area contributed by atoms with Crippen molar-refractivity contribution >= 4 is 12.0 Å². The van der Waals surface area contributed by atoms with E-state index >= 15 is 0 Å². The van der Waals surface area contributed by atoms with E-state index in [1.807, 2.05) is 0 Å². The first-order chi connectivity index (χ1) is 9.58. The topological polar surface area (TPSA) is 20.3 Å². The summed E-state index contributed by atoms with van der Waals surface area (Å²) in [7, 11) is 0. The van der Waals surface area contributed by atoms with Crippen molar-refractivity contribution in [3.05, 3.63) is 29.8 Å². The Balaban J connectivity index is 2.14. The maximum atomic E-state index is 11.7. The minimum atomic E-state index is -0.133. The Kier molecular flexibility index (Phi) is 4.85. The van der Waals surface area contributed by atoms with Crippen molar-refractivity contribution in [3.8, 4) is 0 Å². The molecule has 0 aromatic heterocycles. The average molecular weight is 273 g/mol. The summed E-state index contributed by atoms with van der Waals surface area (Å²) in [6, 6.07) is 8.59. The molecule has 0 saturated heterocycles. The normalized spacial score (nSPS) is 26.2. The summed E-state index contributed by atoms with van der Waals surface area (Å²) in [5.41, 5.74) is 2.39. The molecule has 0 N–H and O–H groups in total. The zero-order valence-corrected chi connectivity index (χ0v) is 13.1. The van der Waals surface area contributed by atoms with Gasteiger partial charge in [0.2, 0.25) is 0 Å². The van der Waals surface area contributed by atoms with E-state index in [2.05, 4.69) is 49.9 Å². The predicted octanol–water partition coefficient (Wildman–Crippen LogP) is 4.22. The Bertz CT molecular complexity index is 446. The largest absolute Gasteiger partial charge is 0.371 e. The van der Waals surface area contributed by atoms with Gasteiger partial charge in [-0.3, -0.25) is 0 Å². The summed E-state index contributed by atoms with van der Waals surface area (Å²) in [5, 5.41) is 0. The molecule has 0 atom stereocenters. The van der Waals surface area contributed by atoms with Gasteiger partial charge in [0.25, 0.3) is 0 Å². The number of aldehydes is 1. The maximum Gasteiger partial charge on any atom is 0.127 e. The van der Waals surface area contributed by atoms with Gasteiger partial charge >= 0.3 is 0 Å². The van der Waals surface area contributed by atoms with E-state index in [9.17, 15) is 4.79 Å². The smallest absolute Gasteiger partial charge is 0.127 e. The Labute approximate surface area is 123 Å². The number of hydrogen-bond acceptors (Lipinski definition) is 2. The highest BCUT2D eigenvalue weighted by Crippen LogP contribution is 2.38. The number of carbonyl (C=O) groups is 1. The summed E-state index contributed by atoms with van der Waals surface area (Å²) in [4.78, 5) is 14.1. The van der Waals surface area contributed by atoms with E-state index in [0.29, 0.717) is 0 Å². The van der Waals surface area contributed by atoms with E-state index in [4.69, 9.17) is 0 Å². The summed E-state index contributed by atoms with van der Waals surface area (Å²) in [6.07, 6.45) is 5.69. The molecule has 0 unspecified atom stereocenters. The molecule has 2 heteroatoms. The fraction of sp³-hybridized carbons (Fsp3) is 0.611. The number of hydrogen-bond donors (Lipinski definition) is 0. The fourth-order valence-electron chi connectivity index (χ4n) is 3.24. The molecule has 1 saturated carbocycles. The van der Waals surface area contributed by atoms with Crippen LogP contribution in [0.25, 0.3) is 0 Å². The van der Waals surface area contributed by atoms with Crippen molar-refractivity contribution in [2.45, 2.75) is 46.5 Å². The fourth-order valence-corrected chi connectivity index (χ4v) is 3.24. The van der Waals surface area contributed by atoms with E-state index < -0.39 is 0 Å². The maximum absolute atomic E-state index is 11.7. The number of benzene rings is 1. The number of carbonyl (C=O) groups excluding carboxylic acids is 1. The van der Waals surface area contributed by atoms with Gasteiger partial charge in [0.05, 0.1) is 0 Å². The van der Waals surface area contributed by atoms with Gasteiger partial charge in [0.15, 0.2) is 0 Å².